The number of nitrogens with one attached hydrogen (secondary N) is 2. The zero-order valence-corrected chi connectivity index (χ0v) is 16.0. The van der Waals surface area contributed by atoms with Gasteiger partial charge >= 0.3 is 6.09 Å². The molecule has 2 amide bonds. The Hall–Kier alpha value is -3.80. The van der Waals surface area contributed by atoms with Crippen molar-refractivity contribution < 1.29 is 19.1 Å². The van der Waals surface area contributed by atoms with Gasteiger partial charge in [-0.15, -0.1) is 0 Å². The summed E-state index contributed by atoms with van der Waals surface area (Å²) in [6.07, 6.45) is -1.40. The highest BCUT2D eigenvalue weighted by atomic mass is 16.5. The summed E-state index contributed by atoms with van der Waals surface area (Å²) in [6.45, 7) is 0.134. The molecule has 0 aliphatic heterocycles. The third-order valence-electron chi connectivity index (χ3n) is 4.24. The summed E-state index contributed by atoms with van der Waals surface area (Å²) < 4.78 is 10.5. The van der Waals surface area contributed by atoms with Crippen molar-refractivity contribution in [3.8, 4) is 5.75 Å². The first-order valence-electron chi connectivity index (χ1n) is 9.13. The first-order valence-corrected chi connectivity index (χ1v) is 9.13. The van der Waals surface area contributed by atoms with Gasteiger partial charge in [-0.2, -0.15) is 0 Å². The molecule has 3 rings (SSSR count). The monoisotopic (exact) mass is 390 g/mol. The molecule has 3 aromatic carbocycles. The molecular formula is C23H22N2O4. The molecular weight excluding hydrogens is 368 g/mol. The molecule has 0 aliphatic rings. The third-order valence-corrected chi connectivity index (χ3v) is 4.24. The van der Waals surface area contributed by atoms with Crippen molar-refractivity contribution in [1.29, 1.82) is 0 Å². The van der Waals surface area contributed by atoms with E-state index in [4.69, 9.17) is 9.47 Å². The van der Waals surface area contributed by atoms with Crippen LogP contribution in [0.15, 0.2) is 84.9 Å². The quantitative estimate of drug-likeness (QED) is 0.597. The number of benzene rings is 3. The summed E-state index contributed by atoms with van der Waals surface area (Å²) in [5.41, 5.74) is 2.05. The van der Waals surface area contributed by atoms with E-state index in [2.05, 4.69) is 10.6 Å². The van der Waals surface area contributed by atoms with Gasteiger partial charge in [0.2, 0.25) is 0 Å². The van der Waals surface area contributed by atoms with E-state index in [1.807, 2.05) is 36.4 Å². The van der Waals surface area contributed by atoms with E-state index >= 15 is 0 Å². The minimum absolute atomic E-state index is 0.134. The summed E-state index contributed by atoms with van der Waals surface area (Å²) in [4.78, 5) is 24.9. The second-order valence-electron chi connectivity index (χ2n) is 6.25. The van der Waals surface area contributed by atoms with E-state index < -0.39 is 12.3 Å². The molecule has 0 saturated carbocycles. The second-order valence-corrected chi connectivity index (χ2v) is 6.25. The first-order chi connectivity index (χ1) is 14.2. The maximum atomic E-state index is 12.6. The van der Waals surface area contributed by atoms with Crippen molar-refractivity contribution in [2.24, 2.45) is 0 Å². The Morgan fingerprint density at radius 1 is 0.828 bits per heavy atom. The lowest BCUT2D eigenvalue weighted by Crippen LogP contribution is -2.41. The molecule has 2 N–H and O–H groups in total. The van der Waals surface area contributed by atoms with Crippen LogP contribution in [0.5, 0.6) is 5.75 Å². The van der Waals surface area contributed by atoms with Gasteiger partial charge in [0.05, 0.1) is 7.11 Å². The highest BCUT2D eigenvalue weighted by molar-refractivity contribution is 5.94. The van der Waals surface area contributed by atoms with Gasteiger partial charge in [-0.1, -0.05) is 60.7 Å². The summed E-state index contributed by atoms with van der Waals surface area (Å²) in [5.74, 6) is 0.364. The molecule has 0 spiro atoms. The van der Waals surface area contributed by atoms with E-state index in [0.29, 0.717) is 16.9 Å². The summed E-state index contributed by atoms with van der Waals surface area (Å²) in [5, 5.41) is 5.53. The standard InChI is InChI=1S/C23H22N2O4/c1-28-20-14-12-18(13-15-20)21(24-22(26)19-10-6-3-7-11-19)25-23(27)29-16-17-8-4-2-5-9-17/h2-15,21H,16H2,1H3,(H,24,26)(H,25,27)/t21-/m0/s1. The number of hydrogen-bond donors (Lipinski definition) is 2. The number of ether oxygens (including phenoxy) is 2. The smallest absolute Gasteiger partial charge is 0.409 e. The average Bonchev–Trinajstić information content (AvgIpc) is 2.78. The van der Waals surface area contributed by atoms with Crippen LogP contribution in [-0.4, -0.2) is 19.1 Å². The normalized spacial score (nSPS) is 11.2. The minimum Gasteiger partial charge on any atom is -0.497 e. The van der Waals surface area contributed by atoms with Gasteiger partial charge in [0.1, 0.15) is 18.5 Å². The fourth-order valence-electron chi connectivity index (χ4n) is 2.69. The fourth-order valence-corrected chi connectivity index (χ4v) is 2.69. The van der Waals surface area contributed by atoms with Gasteiger partial charge < -0.3 is 14.8 Å². The van der Waals surface area contributed by atoms with Crippen molar-refractivity contribution in [2.75, 3.05) is 7.11 Å². The Balaban J connectivity index is 1.70. The van der Waals surface area contributed by atoms with Gasteiger partial charge in [-0.05, 0) is 35.4 Å². The van der Waals surface area contributed by atoms with Gasteiger partial charge in [0, 0.05) is 5.56 Å². The van der Waals surface area contributed by atoms with E-state index in [-0.39, 0.29) is 12.5 Å². The Kier molecular flexibility index (Phi) is 6.84. The topological polar surface area (TPSA) is 76.7 Å². The second kappa shape index (κ2) is 9.94. The zero-order valence-electron chi connectivity index (χ0n) is 16.0. The summed E-state index contributed by atoms with van der Waals surface area (Å²) in [6, 6.07) is 25.2. The van der Waals surface area contributed by atoms with Crippen LogP contribution in [0.3, 0.4) is 0 Å². The van der Waals surface area contributed by atoms with E-state index in [0.717, 1.165) is 5.56 Å². The predicted molar refractivity (Wildman–Crippen MR) is 109 cm³/mol. The Bertz CT molecular complexity index is 928. The molecule has 0 radical (unpaired) electrons. The number of hydrogen-bond acceptors (Lipinski definition) is 4. The molecule has 6 nitrogen and oxygen atoms in total. The molecule has 0 fully saturated rings. The van der Waals surface area contributed by atoms with E-state index in [1.165, 1.54) is 0 Å². The van der Waals surface area contributed by atoms with Crippen LogP contribution in [0.4, 0.5) is 4.79 Å². The zero-order chi connectivity index (χ0) is 20.5. The van der Waals surface area contributed by atoms with Crippen molar-refractivity contribution in [3.05, 3.63) is 102 Å². The van der Waals surface area contributed by atoms with Crippen molar-refractivity contribution >= 4 is 12.0 Å². The van der Waals surface area contributed by atoms with E-state index in [9.17, 15) is 9.59 Å². The van der Waals surface area contributed by atoms with Crippen molar-refractivity contribution in [3.63, 3.8) is 0 Å². The van der Waals surface area contributed by atoms with Gasteiger partial charge in [0.15, 0.2) is 0 Å². The Morgan fingerprint density at radius 2 is 1.45 bits per heavy atom. The number of carbonyl (C=O) groups is 2. The lowest BCUT2D eigenvalue weighted by Gasteiger charge is -2.21. The Morgan fingerprint density at radius 3 is 2.07 bits per heavy atom. The predicted octanol–water partition coefficient (Wildman–Crippen LogP) is 4.05. The van der Waals surface area contributed by atoms with Crippen molar-refractivity contribution in [1.82, 2.24) is 10.6 Å². The molecule has 0 heterocycles. The Labute approximate surface area is 169 Å². The average molecular weight is 390 g/mol. The number of methoxy groups -OCH3 is 1. The number of carbonyl (C=O) groups excluding carboxylic acids is 2. The van der Waals surface area contributed by atoms with Crippen LogP contribution in [0.2, 0.25) is 0 Å². The third kappa shape index (κ3) is 5.84. The molecule has 0 bridgehead atoms. The summed E-state index contributed by atoms with van der Waals surface area (Å²) in [7, 11) is 1.57. The highest BCUT2D eigenvalue weighted by Gasteiger charge is 2.19. The molecule has 3 aromatic rings. The van der Waals surface area contributed by atoms with Crippen molar-refractivity contribution in [2.45, 2.75) is 12.8 Å². The van der Waals surface area contributed by atoms with Gasteiger partial charge in [0.25, 0.3) is 5.91 Å². The molecule has 0 unspecified atom stereocenters. The number of alkyl carbamates (subject to hydrolysis) is 1. The highest BCUT2D eigenvalue weighted by Crippen LogP contribution is 2.17. The van der Waals surface area contributed by atoms with Crippen LogP contribution in [0.25, 0.3) is 0 Å². The van der Waals surface area contributed by atoms with Crippen LogP contribution >= 0.6 is 0 Å². The van der Waals surface area contributed by atoms with Crippen LogP contribution in [0, 0.1) is 0 Å². The maximum Gasteiger partial charge on any atom is 0.409 e. The molecule has 29 heavy (non-hydrogen) atoms. The van der Waals surface area contributed by atoms with Gasteiger partial charge in [-0.25, -0.2) is 4.79 Å². The molecule has 0 aliphatic carbocycles. The lowest BCUT2D eigenvalue weighted by molar-refractivity contribution is 0.0920. The molecule has 1 atom stereocenters. The molecule has 148 valence electrons. The van der Waals surface area contributed by atoms with Crippen LogP contribution in [0.1, 0.15) is 27.7 Å². The molecule has 6 heteroatoms. The SMILES string of the molecule is COc1ccc([C@H](NC(=O)OCc2ccccc2)NC(=O)c2ccccc2)cc1. The maximum absolute atomic E-state index is 12.6. The van der Waals surface area contributed by atoms with Crippen LogP contribution < -0.4 is 15.4 Å². The van der Waals surface area contributed by atoms with Gasteiger partial charge in [-0.3, -0.25) is 10.1 Å². The largest absolute Gasteiger partial charge is 0.497 e. The number of rotatable bonds is 7. The minimum atomic E-state index is -0.767. The van der Waals surface area contributed by atoms with E-state index in [1.54, 1.807) is 55.6 Å². The van der Waals surface area contributed by atoms with Crippen LogP contribution in [-0.2, 0) is 11.3 Å². The lowest BCUT2D eigenvalue weighted by atomic mass is 10.1. The molecule has 0 aromatic heterocycles. The molecule has 0 saturated heterocycles. The fraction of sp³-hybridized carbons (Fsp3) is 0.130. The first kappa shape index (κ1) is 19.9. The summed E-state index contributed by atoms with van der Waals surface area (Å²) >= 11 is 0. The number of amides is 2.